The molecule has 1 aromatic rings. The normalized spacial score (nSPS) is 38.3. The van der Waals surface area contributed by atoms with E-state index in [1.807, 2.05) is 0 Å². The molecule has 7 nitrogen and oxygen atoms in total. The number of likely N-dealkylation sites (tertiary alicyclic amines) is 1. The molecule has 4 aliphatic carbocycles. The van der Waals surface area contributed by atoms with E-state index in [1.54, 1.807) is 23.2 Å². The molecule has 148 valence electrons. The summed E-state index contributed by atoms with van der Waals surface area (Å²) in [5.74, 6) is 1.79. The molecule has 5 fully saturated rings. The van der Waals surface area contributed by atoms with Crippen LogP contribution in [0.2, 0.25) is 0 Å². The van der Waals surface area contributed by atoms with Crippen LogP contribution in [0.15, 0.2) is 18.3 Å². The van der Waals surface area contributed by atoms with Crippen LogP contribution >= 0.6 is 0 Å². The maximum atomic E-state index is 12.8. The zero-order chi connectivity index (χ0) is 19.3. The van der Waals surface area contributed by atoms with E-state index in [0.29, 0.717) is 42.2 Å². The van der Waals surface area contributed by atoms with Gasteiger partial charge in [0.25, 0.3) is 0 Å². The molecular formula is C21H26N4O3. The Balaban J connectivity index is 1.19. The second-order valence-corrected chi connectivity index (χ2v) is 9.13. The van der Waals surface area contributed by atoms with E-state index in [9.17, 15) is 15.2 Å². The minimum absolute atomic E-state index is 0.0442. The first-order chi connectivity index (χ1) is 13.5. The molecule has 1 amide bonds. The highest BCUT2D eigenvalue weighted by molar-refractivity contribution is 5.68. The van der Waals surface area contributed by atoms with Gasteiger partial charge in [-0.1, -0.05) is 0 Å². The summed E-state index contributed by atoms with van der Waals surface area (Å²) in [5.41, 5.74) is -0.00140. The summed E-state index contributed by atoms with van der Waals surface area (Å²) in [6.07, 6.45) is 6.82. The van der Waals surface area contributed by atoms with Gasteiger partial charge in [0.05, 0.1) is 11.2 Å². The first-order valence-electron chi connectivity index (χ1n) is 10.3. The Bertz CT molecular complexity index is 806. The third-order valence-electron chi connectivity index (χ3n) is 7.11. The predicted molar refractivity (Wildman–Crippen MR) is 101 cm³/mol. The van der Waals surface area contributed by atoms with Crippen LogP contribution in [0.5, 0.6) is 0 Å². The number of nitrogens with zero attached hydrogens (tertiary/aromatic N) is 3. The Hall–Kier alpha value is -2.33. The number of amides is 1. The molecule has 0 aromatic carbocycles. The molecule has 1 saturated heterocycles. The lowest BCUT2D eigenvalue weighted by atomic mass is 9.53. The number of carbonyl (C=O) groups is 1. The first kappa shape index (κ1) is 17.7. The summed E-state index contributed by atoms with van der Waals surface area (Å²) in [5, 5.41) is 23.2. The van der Waals surface area contributed by atoms with Crippen molar-refractivity contribution < 1.29 is 14.6 Å². The number of anilines is 1. The third kappa shape index (κ3) is 3.10. The van der Waals surface area contributed by atoms with E-state index in [4.69, 9.17) is 4.74 Å². The number of rotatable bonds is 3. The quantitative estimate of drug-likeness (QED) is 0.833. The molecule has 7 heteroatoms. The van der Waals surface area contributed by atoms with Crippen LogP contribution in [0.1, 0.15) is 44.1 Å². The summed E-state index contributed by atoms with van der Waals surface area (Å²) in [4.78, 5) is 18.8. The second-order valence-electron chi connectivity index (χ2n) is 9.13. The average Bonchev–Trinajstić information content (AvgIpc) is 3.12. The zero-order valence-corrected chi connectivity index (χ0v) is 15.9. The SMILES string of the molecule is N#Cc1cccnc1NC1CCN(C(=O)OC2C3CC4CC2CC(O)(C4)C3)C1. The van der Waals surface area contributed by atoms with Gasteiger partial charge in [0.15, 0.2) is 0 Å². The van der Waals surface area contributed by atoms with Crippen molar-refractivity contribution in [2.45, 2.75) is 56.3 Å². The highest BCUT2D eigenvalue weighted by Gasteiger charge is 2.56. The maximum Gasteiger partial charge on any atom is 0.410 e. The largest absolute Gasteiger partial charge is 0.446 e. The van der Waals surface area contributed by atoms with Crippen LogP contribution in [0.4, 0.5) is 10.6 Å². The number of carbonyl (C=O) groups excluding carboxylic acids is 1. The predicted octanol–water partition coefficient (Wildman–Crippen LogP) is 2.52. The monoisotopic (exact) mass is 382 g/mol. The van der Waals surface area contributed by atoms with E-state index >= 15 is 0 Å². The second kappa shape index (κ2) is 6.63. The van der Waals surface area contributed by atoms with Crippen molar-refractivity contribution in [3.8, 4) is 6.07 Å². The van der Waals surface area contributed by atoms with Gasteiger partial charge in [-0.3, -0.25) is 0 Å². The minimum atomic E-state index is -0.511. The Morgan fingerprint density at radius 2 is 2.14 bits per heavy atom. The smallest absolute Gasteiger partial charge is 0.410 e. The lowest BCUT2D eigenvalue weighted by Crippen LogP contribution is -2.58. The fourth-order valence-corrected chi connectivity index (χ4v) is 6.17. The summed E-state index contributed by atoms with van der Waals surface area (Å²) in [6.45, 7) is 1.19. The molecule has 4 bridgehead atoms. The van der Waals surface area contributed by atoms with Crippen molar-refractivity contribution in [3.05, 3.63) is 23.9 Å². The molecule has 2 N–H and O–H groups in total. The molecule has 28 heavy (non-hydrogen) atoms. The topological polar surface area (TPSA) is 98.5 Å². The number of nitrogens with one attached hydrogen (secondary N) is 1. The molecule has 1 aliphatic heterocycles. The molecule has 3 unspecified atom stereocenters. The fraction of sp³-hybridized carbons (Fsp3) is 0.667. The lowest BCUT2D eigenvalue weighted by Gasteiger charge is -2.57. The van der Waals surface area contributed by atoms with Crippen molar-refractivity contribution in [1.82, 2.24) is 9.88 Å². The van der Waals surface area contributed by atoms with Gasteiger partial charge >= 0.3 is 6.09 Å². The third-order valence-corrected chi connectivity index (χ3v) is 7.11. The van der Waals surface area contributed by atoms with Crippen LogP contribution in [0.3, 0.4) is 0 Å². The Morgan fingerprint density at radius 1 is 1.36 bits per heavy atom. The van der Waals surface area contributed by atoms with Gasteiger partial charge in [-0.15, -0.1) is 0 Å². The summed E-state index contributed by atoms with van der Waals surface area (Å²) in [6, 6.07) is 5.68. The zero-order valence-electron chi connectivity index (χ0n) is 15.9. The van der Waals surface area contributed by atoms with Gasteiger partial charge in [-0.05, 0) is 68.4 Å². The molecule has 5 aliphatic rings. The molecule has 0 spiro atoms. The van der Waals surface area contributed by atoms with Crippen LogP contribution in [0, 0.1) is 29.1 Å². The van der Waals surface area contributed by atoms with E-state index < -0.39 is 5.60 Å². The van der Waals surface area contributed by atoms with E-state index in [2.05, 4.69) is 16.4 Å². The van der Waals surface area contributed by atoms with Gasteiger partial charge in [0.1, 0.15) is 18.0 Å². The molecule has 0 radical (unpaired) electrons. The van der Waals surface area contributed by atoms with E-state index in [0.717, 1.165) is 38.5 Å². The number of aliphatic hydroxyl groups is 1. The Labute approximate surface area is 164 Å². The van der Waals surface area contributed by atoms with Gasteiger partial charge in [-0.25, -0.2) is 9.78 Å². The van der Waals surface area contributed by atoms with Crippen LogP contribution in [-0.4, -0.2) is 51.9 Å². The minimum Gasteiger partial charge on any atom is -0.446 e. The molecule has 1 aromatic heterocycles. The van der Waals surface area contributed by atoms with Gasteiger partial charge in [0, 0.05) is 25.3 Å². The average molecular weight is 382 g/mol. The number of nitriles is 1. The number of hydrogen-bond donors (Lipinski definition) is 2. The molecule has 2 heterocycles. The van der Waals surface area contributed by atoms with Crippen LogP contribution in [-0.2, 0) is 4.74 Å². The Kier molecular flexibility index (Phi) is 4.20. The summed E-state index contributed by atoms with van der Waals surface area (Å²) >= 11 is 0. The molecule has 4 saturated carbocycles. The Morgan fingerprint density at radius 3 is 2.86 bits per heavy atom. The van der Waals surface area contributed by atoms with Gasteiger partial charge < -0.3 is 20.1 Å². The van der Waals surface area contributed by atoms with Gasteiger partial charge in [0.2, 0.25) is 0 Å². The van der Waals surface area contributed by atoms with Crippen LogP contribution < -0.4 is 5.32 Å². The van der Waals surface area contributed by atoms with Crippen molar-refractivity contribution in [3.63, 3.8) is 0 Å². The van der Waals surface area contributed by atoms with Crippen molar-refractivity contribution in [1.29, 1.82) is 5.26 Å². The first-order valence-corrected chi connectivity index (χ1v) is 10.3. The standard InChI is InChI=1S/C21H26N4O3/c22-11-14-2-1-4-23-19(14)24-17-3-5-25(12-17)20(26)28-18-15-6-13-7-16(18)10-21(27,8-13)9-15/h1-2,4,13,15-18,27H,3,5-10,12H2,(H,23,24). The molecule has 3 atom stereocenters. The van der Waals surface area contributed by atoms with Crippen molar-refractivity contribution in [2.24, 2.45) is 17.8 Å². The van der Waals surface area contributed by atoms with Crippen LogP contribution in [0.25, 0.3) is 0 Å². The highest BCUT2D eigenvalue weighted by atomic mass is 16.6. The number of ether oxygens (including phenoxy) is 1. The number of hydrogen-bond acceptors (Lipinski definition) is 6. The van der Waals surface area contributed by atoms with E-state index in [1.165, 1.54) is 0 Å². The lowest BCUT2D eigenvalue weighted by molar-refractivity contribution is -0.177. The highest BCUT2D eigenvalue weighted by Crippen LogP contribution is 2.56. The van der Waals surface area contributed by atoms with E-state index in [-0.39, 0.29) is 18.2 Å². The molecule has 6 rings (SSSR count). The summed E-state index contributed by atoms with van der Waals surface area (Å²) in [7, 11) is 0. The van der Waals surface area contributed by atoms with Crippen molar-refractivity contribution in [2.75, 3.05) is 18.4 Å². The summed E-state index contributed by atoms with van der Waals surface area (Å²) < 4.78 is 5.98. The molecular weight excluding hydrogens is 356 g/mol. The fourth-order valence-electron chi connectivity index (χ4n) is 6.17. The van der Waals surface area contributed by atoms with Gasteiger partial charge in [-0.2, -0.15) is 5.26 Å². The van der Waals surface area contributed by atoms with Crippen molar-refractivity contribution >= 4 is 11.9 Å². The number of pyridine rings is 1. The maximum absolute atomic E-state index is 12.8. The number of aromatic nitrogens is 1.